The Morgan fingerprint density at radius 1 is 1.06 bits per heavy atom. The molecule has 1 unspecified atom stereocenters. The van der Waals surface area contributed by atoms with Gasteiger partial charge in [-0.05, 0) is 61.4 Å². The molecule has 7 nitrogen and oxygen atoms in total. The smallest absolute Gasteiger partial charge is 0.243 e. The molecule has 0 spiro atoms. The summed E-state index contributed by atoms with van der Waals surface area (Å²) >= 11 is 0. The lowest BCUT2D eigenvalue weighted by atomic mass is 10.1. The van der Waals surface area contributed by atoms with Gasteiger partial charge in [0.05, 0.1) is 10.8 Å². The molecule has 2 aromatic rings. The van der Waals surface area contributed by atoms with Crippen LogP contribution in [-0.2, 0) is 19.6 Å². The first-order valence-corrected chi connectivity index (χ1v) is 11.9. The number of carbonyl (C=O) groups is 2. The molecule has 1 fully saturated rings. The van der Waals surface area contributed by atoms with Crippen LogP contribution in [0.25, 0.3) is 0 Å². The van der Waals surface area contributed by atoms with Crippen LogP contribution in [0.1, 0.15) is 31.4 Å². The molecule has 0 radical (unpaired) electrons. The van der Waals surface area contributed by atoms with Crippen LogP contribution < -0.4 is 10.2 Å². The second-order valence-electron chi connectivity index (χ2n) is 7.85. The number of benzene rings is 2. The standard InChI is InChI=1S/C23H29N3O4S/c1-5-25(6-2)31(29,30)21-9-7-19(8-10-21)24-23(28)18-14-22(27)26(15-18)20-12-16(3)11-17(4)13-20/h7-13,18H,5-6,14-15H2,1-4H3,(H,24,28). The van der Waals surface area contributed by atoms with Crippen LogP contribution in [-0.4, -0.2) is 44.2 Å². The Hall–Kier alpha value is -2.71. The molecule has 0 aromatic heterocycles. The number of carbonyl (C=O) groups excluding carboxylic acids is 2. The van der Waals surface area contributed by atoms with E-state index in [2.05, 4.69) is 5.32 Å². The average molecular weight is 444 g/mol. The third kappa shape index (κ3) is 4.97. The predicted octanol–water partition coefficient (Wildman–Crippen LogP) is 3.33. The van der Waals surface area contributed by atoms with Gasteiger partial charge in [0.15, 0.2) is 0 Å². The average Bonchev–Trinajstić information content (AvgIpc) is 3.10. The van der Waals surface area contributed by atoms with Crippen molar-refractivity contribution >= 4 is 33.2 Å². The highest BCUT2D eigenvalue weighted by molar-refractivity contribution is 7.89. The van der Waals surface area contributed by atoms with Gasteiger partial charge in [0, 0.05) is 37.4 Å². The van der Waals surface area contributed by atoms with Crippen molar-refractivity contribution in [2.24, 2.45) is 5.92 Å². The van der Waals surface area contributed by atoms with Gasteiger partial charge in [-0.2, -0.15) is 4.31 Å². The largest absolute Gasteiger partial charge is 0.326 e. The summed E-state index contributed by atoms with van der Waals surface area (Å²) < 4.78 is 26.6. The van der Waals surface area contributed by atoms with E-state index in [1.807, 2.05) is 32.0 Å². The Balaban J connectivity index is 1.69. The van der Waals surface area contributed by atoms with Crippen molar-refractivity contribution in [1.82, 2.24) is 4.31 Å². The Labute approximate surface area is 184 Å². The van der Waals surface area contributed by atoms with Crippen LogP contribution in [0.2, 0.25) is 0 Å². The Morgan fingerprint density at radius 2 is 1.65 bits per heavy atom. The van der Waals surface area contributed by atoms with Crippen molar-refractivity contribution in [3.05, 3.63) is 53.6 Å². The van der Waals surface area contributed by atoms with Crippen LogP contribution >= 0.6 is 0 Å². The molecule has 1 aliphatic heterocycles. The zero-order valence-electron chi connectivity index (χ0n) is 18.4. The third-order valence-electron chi connectivity index (χ3n) is 5.48. The molecule has 1 heterocycles. The fourth-order valence-corrected chi connectivity index (χ4v) is 5.36. The second kappa shape index (κ2) is 9.20. The number of nitrogens with one attached hydrogen (secondary N) is 1. The van der Waals surface area contributed by atoms with Gasteiger partial charge in [0.2, 0.25) is 21.8 Å². The molecule has 1 N–H and O–H groups in total. The van der Waals surface area contributed by atoms with Gasteiger partial charge in [0.25, 0.3) is 0 Å². The molecule has 0 saturated carbocycles. The van der Waals surface area contributed by atoms with Crippen LogP contribution in [0, 0.1) is 19.8 Å². The van der Waals surface area contributed by atoms with Crippen molar-refractivity contribution in [1.29, 1.82) is 0 Å². The quantitative estimate of drug-likeness (QED) is 0.711. The van der Waals surface area contributed by atoms with E-state index >= 15 is 0 Å². The number of nitrogens with zero attached hydrogens (tertiary/aromatic N) is 2. The van der Waals surface area contributed by atoms with E-state index in [0.29, 0.717) is 25.3 Å². The van der Waals surface area contributed by atoms with Gasteiger partial charge in [-0.3, -0.25) is 9.59 Å². The van der Waals surface area contributed by atoms with Gasteiger partial charge < -0.3 is 10.2 Å². The number of amides is 2. The lowest BCUT2D eigenvalue weighted by molar-refractivity contribution is -0.122. The summed E-state index contributed by atoms with van der Waals surface area (Å²) in [5.74, 6) is -0.794. The predicted molar refractivity (Wildman–Crippen MR) is 122 cm³/mol. The maximum Gasteiger partial charge on any atom is 0.243 e. The van der Waals surface area contributed by atoms with E-state index in [4.69, 9.17) is 0 Å². The molecular formula is C23H29N3O4S. The first-order chi connectivity index (χ1) is 14.6. The van der Waals surface area contributed by atoms with Crippen molar-refractivity contribution in [2.45, 2.75) is 39.0 Å². The number of hydrogen-bond donors (Lipinski definition) is 1. The van der Waals surface area contributed by atoms with Gasteiger partial charge in [-0.1, -0.05) is 19.9 Å². The molecule has 31 heavy (non-hydrogen) atoms. The van der Waals surface area contributed by atoms with Crippen LogP contribution in [0.5, 0.6) is 0 Å². The van der Waals surface area contributed by atoms with Gasteiger partial charge in [-0.25, -0.2) is 8.42 Å². The highest BCUT2D eigenvalue weighted by atomic mass is 32.2. The van der Waals surface area contributed by atoms with E-state index in [9.17, 15) is 18.0 Å². The summed E-state index contributed by atoms with van der Waals surface area (Å²) in [5.41, 5.74) is 3.44. The van der Waals surface area contributed by atoms with Crippen molar-refractivity contribution in [3.8, 4) is 0 Å². The van der Waals surface area contributed by atoms with Crippen molar-refractivity contribution in [2.75, 3.05) is 29.9 Å². The zero-order valence-corrected chi connectivity index (χ0v) is 19.2. The Morgan fingerprint density at radius 3 is 2.19 bits per heavy atom. The topological polar surface area (TPSA) is 86.8 Å². The molecule has 0 bridgehead atoms. The first-order valence-electron chi connectivity index (χ1n) is 10.5. The summed E-state index contributed by atoms with van der Waals surface area (Å²) in [4.78, 5) is 27.1. The minimum absolute atomic E-state index is 0.0780. The molecule has 2 aromatic carbocycles. The third-order valence-corrected chi connectivity index (χ3v) is 7.54. The molecular weight excluding hydrogens is 414 g/mol. The number of aryl methyl sites for hydroxylation is 2. The molecule has 0 aliphatic carbocycles. The fourth-order valence-electron chi connectivity index (χ4n) is 3.91. The number of sulfonamides is 1. The SMILES string of the molecule is CCN(CC)S(=O)(=O)c1ccc(NC(=O)C2CC(=O)N(c3cc(C)cc(C)c3)C2)cc1. The normalized spacial score (nSPS) is 16.7. The highest BCUT2D eigenvalue weighted by Crippen LogP contribution is 2.28. The zero-order chi connectivity index (χ0) is 22.8. The summed E-state index contributed by atoms with van der Waals surface area (Å²) in [5, 5.41) is 2.81. The summed E-state index contributed by atoms with van der Waals surface area (Å²) in [6, 6.07) is 12.1. The van der Waals surface area contributed by atoms with Gasteiger partial charge in [0.1, 0.15) is 0 Å². The molecule has 166 valence electrons. The van der Waals surface area contributed by atoms with E-state index in [-0.39, 0.29) is 23.1 Å². The lowest BCUT2D eigenvalue weighted by Gasteiger charge is -2.19. The number of anilines is 2. The van der Waals surface area contributed by atoms with E-state index < -0.39 is 15.9 Å². The maximum atomic E-state index is 12.7. The number of rotatable bonds is 7. The molecule has 3 rings (SSSR count). The van der Waals surface area contributed by atoms with E-state index in [1.165, 1.54) is 16.4 Å². The van der Waals surface area contributed by atoms with E-state index in [0.717, 1.165) is 16.8 Å². The molecule has 2 amide bonds. The Kier molecular flexibility index (Phi) is 6.81. The molecule has 1 aliphatic rings. The van der Waals surface area contributed by atoms with Gasteiger partial charge in [-0.15, -0.1) is 0 Å². The minimum Gasteiger partial charge on any atom is -0.326 e. The van der Waals surface area contributed by atoms with E-state index in [1.54, 1.807) is 30.9 Å². The summed E-state index contributed by atoms with van der Waals surface area (Å²) in [7, 11) is -3.55. The molecule has 1 saturated heterocycles. The molecule has 1 atom stereocenters. The van der Waals surface area contributed by atoms with Gasteiger partial charge >= 0.3 is 0 Å². The fraction of sp³-hybridized carbons (Fsp3) is 0.391. The Bertz CT molecular complexity index is 1060. The van der Waals surface area contributed by atoms with Crippen molar-refractivity contribution in [3.63, 3.8) is 0 Å². The summed E-state index contributed by atoms with van der Waals surface area (Å²) in [6.45, 7) is 8.65. The maximum absolute atomic E-state index is 12.7. The number of hydrogen-bond acceptors (Lipinski definition) is 4. The lowest BCUT2D eigenvalue weighted by Crippen LogP contribution is -2.30. The van der Waals surface area contributed by atoms with Crippen molar-refractivity contribution < 1.29 is 18.0 Å². The second-order valence-corrected chi connectivity index (χ2v) is 9.79. The monoisotopic (exact) mass is 443 g/mol. The first kappa shape index (κ1) is 23.0. The highest BCUT2D eigenvalue weighted by Gasteiger charge is 2.35. The minimum atomic E-state index is -3.55. The molecule has 8 heteroatoms. The summed E-state index contributed by atoms with van der Waals surface area (Å²) in [6.07, 6.45) is 0.146. The van der Waals surface area contributed by atoms with Crippen LogP contribution in [0.15, 0.2) is 47.4 Å². The van der Waals surface area contributed by atoms with Crippen LogP contribution in [0.4, 0.5) is 11.4 Å². The van der Waals surface area contributed by atoms with Crippen LogP contribution in [0.3, 0.4) is 0 Å².